The monoisotopic (exact) mass is 311 g/mol. The highest BCUT2D eigenvalue weighted by Crippen LogP contribution is 2.23. The Balaban J connectivity index is 1.64. The zero-order valence-electron chi connectivity index (χ0n) is 13.2. The average molecular weight is 311 g/mol. The number of rotatable bonds is 5. The van der Waals surface area contributed by atoms with Crippen molar-refractivity contribution < 1.29 is 9.53 Å². The molecule has 1 aliphatic rings. The highest BCUT2D eigenvalue weighted by atomic mass is 16.5. The van der Waals surface area contributed by atoms with Crippen molar-refractivity contribution >= 4 is 11.6 Å². The number of pyridine rings is 1. The van der Waals surface area contributed by atoms with E-state index in [1.807, 2.05) is 48.2 Å². The number of nitrogens with zero attached hydrogens (tertiary/aromatic N) is 2. The lowest BCUT2D eigenvalue weighted by molar-refractivity contribution is -0.130. The van der Waals surface area contributed by atoms with Gasteiger partial charge < -0.3 is 15.0 Å². The van der Waals surface area contributed by atoms with Crippen LogP contribution in [0.5, 0.6) is 11.6 Å². The van der Waals surface area contributed by atoms with E-state index in [0.29, 0.717) is 11.6 Å². The summed E-state index contributed by atoms with van der Waals surface area (Å²) in [5, 5.41) is 3.25. The molecule has 0 aliphatic carbocycles. The zero-order valence-corrected chi connectivity index (χ0v) is 13.2. The molecule has 2 heterocycles. The largest absolute Gasteiger partial charge is 0.439 e. The van der Waals surface area contributed by atoms with Gasteiger partial charge in [-0.2, -0.15) is 0 Å². The Labute approximate surface area is 136 Å². The first kappa shape index (κ1) is 15.3. The van der Waals surface area contributed by atoms with E-state index in [1.54, 1.807) is 12.3 Å². The molecule has 0 spiro atoms. The zero-order chi connectivity index (χ0) is 16.1. The van der Waals surface area contributed by atoms with Crippen molar-refractivity contribution in [1.82, 2.24) is 9.88 Å². The van der Waals surface area contributed by atoms with Crippen molar-refractivity contribution in [3.63, 3.8) is 0 Å². The third-order valence-corrected chi connectivity index (χ3v) is 3.87. The lowest BCUT2D eigenvalue weighted by Gasteiger charge is -2.22. The third-order valence-electron chi connectivity index (χ3n) is 3.87. The van der Waals surface area contributed by atoms with Crippen LogP contribution < -0.4 is 10.1 Å². The van der Waals surface area contributed by atoms with Crippen LogP contribution in [0.2, 0.25) is 0 Å². The van der Waals surface area contributed by atoms with E-state index in [-0.39, 0.29) is 11.9 Å². The molecular weight excluding hydrogens is 290 g/mol. The Hall–Kier alpha value is -2.56. The maximum absolute atomic E-state index is 12.3. The Morgan fingerprint density at radius 3 is 2.78 bits per heavy atom. The molecule has 1 aliphatic heterocycles. The topological polar surface area (TPSA) is 54.5 Å². The number of carbonyl (C=O) groups excluding carboxylic acids is 1. The van der Waals surface area contributed by atoms with Gasteiger partial charge in [0.15, 0.2) is 0 Å². The van der Waals surface area contributed by atoms with E-state index in [1.165, 1.54) is 0 Å². The molecule has 1 aromatic heterocycles. The summed E-state index contributed by atoms with van der Waals surface area (Å²) < 4.78 is 5.71. The molecule has 3 rings (SSSR count). The van der Waals surface area contributed by atoms with E-state index >= 15 is 0 Å². The Morgan fingerprint density at radius 1 is 1.22 bits per heavy atom. The van der Waals surface area contributed by atoms with Gasteiger partial charge in [0, 0.05) is 37.1 Å². The normalized spacial score (nSPS) is 15.3. The molecule has 1 N–H and O–H groups in total. The van der Waals surface area contributed by atoms with E-state index in [9.17, 15) is 4.79 Å². The SMILES string of the molecule is C[C@H](Nc1cccc(Oc2ccccn2)c1)C(=O)N1CCCC1. The van der Waals surface area contributed by atoms with Crippen molar-refractivity contribution in [3.8, 4) is 11.6 Å². The lowest BCUT2D eigenvalue weighted by atomic mass is 10.2. The van der Waals surface area contributed by atoms with Crippen LogP contribution in [0.25, 0.3) is 0 Å². The molecule has 0 bridgehead atoms. The summed E-state index contributed by atoms with van der Waals surface area (Å²) >= 11 is 0. The predicted molar refractivity (Wildman–Crippen MR) is 89.7 cm³/mol. The first-order chi connectivity index (χ1) is 11.2. The van der Waals surface area contributed by atoms with Gasteiger partial charge in [0.2, 0.25) is 11.8 Å². The number of ether oxygens (including phenoxy) is 1. The molecule has 1 amide bonds. The van der Waals surface area contributed by atoms with Gasteiger partial charge in [-0.3, -0.25) is 4.79 Å². The summed E-state index contributed by atoms with van der Waals surface area (Å²) in [6.07, 6.45) is 3.89. The van der Waals surface area contributed by atoms with Crippen LogP contribution in [0, 0.1) is 0 Å². The van der Waals surface area contributed by atoms with E-state index in [0.717, 1.165) is 31.6 Å². The number of hydrogen-bond donors (Lipinski definition) is 1. The van der Waals surface area contributed by atoms with Gasteiger partial charge in [0.05, 0.1) is 0 Å². The van der Waals surface area contributed by atoms with Gasteiger partial charge >= 0.3 is 0 Å². The number of hydrogen-bond acceptors (Lipinski definition) is 4. The van der Waals surface area contributed by atoms with Crippen molar-refractivity contribution in [2.24, 2.45) is 0 Å². The standard InChI is InChI=1S/C18H21N3O2/c1-14(18(22)21-11-4-5-12-21)20-15-7-6-8-16(13-15)23-17-9-2-3-10-19-17/h2-3,6-10,13-14,20H,4-5,11-12H2,1H3/t14-/m0/s1. The fourth-order valence-corrected chi connectivity index (χ4v) is 2.70. The molecule has 0 radical (unpaired) electrons. The van der Waals surface area contributed by atoms with Gasteiger partial charge in [-0.25, -0.2) is 4.98 Å². The second kappa shape index (κ2) is 7.13. The number of aromatic nitrogens is 1. The van der Waals surface area contributed by atoms with Gasteiger partial charge in [0.1, 0.15) is 11.8 Å². The second-order valence-corrected chi connectivity index (χ2v) is 5.70. The van der Waals surface area contributed by atoms with Gasteiger partial charge in [0.25, 0.3) is 0 Å². The first-order valence-corrected chi connectivity index (χ1v) is 7.96. The van der Waals surface area contributed by atoms with Gasteiger partial charge in [-0.1, -0.05) is 12.1 Å². The Kier molecular flexibility index (Phi) is 4.76. The van der Waals surface area contributed by atoms with Crippen LogP contribution in [0.4, 0.5) is 5.69 Å². The molecule has 1 fully saturated rings. The summed E-state index contributed by atoms with van der Waals surface area (Å²) in [5.41, 5.74) is 0.860. The second-order valence-electron chi connectivity index (χ2n) is 5.70. The number of amides is 1. The minimum atomic E-state index is -0.252. The average Bonchev–Trinajstić information content (AvgIpc) is 3.10. The molecular formula is C18H21N3O2. The van der Waals surface area contributed by atoms with Crippen LogP contribution in [-0.4, -0.2) is 34.9 Å². The minimum absolute atomic E-state index is 0.151. The summed E-state index contributed by atoms with van der Waals surface area (Å²) in [4.78, 5) is 18.4. The highest BCUT2D eigenvalue weighted by molar-refractivity contribution is 5.84. The Bertz CT molecular complexity index is 654. The number of benzene rings is 1. The predicted octanol–water partition coefficient (Wildman–Crippen LogP) is 3.30. The number of anilines is 1. The van der Waals surface area contributed by atoms with E-state index < -0.39 is 0 Å². The van der Waals surface area contributed by atoms with Crippen LogP contribution in [0.3, 0.4) is 0 Å². The van der Waals surface area contributed by atoms with Crippen LogP contribution in [0.1, 0.15) is 19.8 Å². The summed E-state index contributed by atoms with van der Waals surface area (Å²) in [6.45, 7) is 3.63. The van der Waals surface area contributed by atoms with Gasteiger partial charge in [-0.15, -0.1) is 0 Å². The molecule has 2 aromatic rings. The van der Waals surface area contributed by atoms with E-state index in [4.69, 9.17) is 4.74 Å². The third kappa shape index (κ3) is 4.00. The van der Waals surface area contributed by atoms with Crippen molar-refractivity contribution in [2.45, 2.75) is 25.8 Å². The van der Waals surface area contributed by atoms with Crippen molar-refractivity contribution in [1.29, 1.82) is 0 Å². The fourth-order valence-electron chi connectivity index (χ4n) is 2.70. The summed E-state index contributed by atoms with van der Waals surface area (Å²) in [6, 6.07) is 12.8. The number of likely N-dealkylation sites (tertiary alicyclic amines) is 1. The molecule has 1 atom stereocenters. The minimum Gasteiger partial charge on any atom is -0.439 e. The number of carbonyl (C=O) groups is 1. The van der Waals surface area contributed by atoms with Crippen molar-refractivity contribution in [2.75, 3.05) is 18.4 Å². The fraction of sp³-hybridized carbons (Fsp3) is 0.333. The molecule has 120 valence electrons. The molecule has 0 unspecified atom stereocenters. The molecule has 5 nitrogen and oxygen atoms in total. The first-order valence-electron chi connectivity index (χ1n) is 7.96. The van der Waals surface area contributed by atoms with Crippen molar-refractivity contribution in [3.05, 3.63) is 48.7 Å². The smallest absolute Gasteiger partial charge is 0.244 e. The molecule has 0 saturated carbocycles. The van der Waals surface area contributed by atoms with Crippen LogP contribution >= 0.6 is 0 Å². The summed E-state index contributed by atoms with van der Waals surface area (Å²) in [7, 11) is 0. The molecule has 23 heavy (non-hydrogen) atoms. The Morgan fingerprint density at radius 2 is 2.04 bits per heavy atom. The summed E-state index contributed by atoms with van der Waals surface area (Å²) in [5.74, 6) is 1.39. The van der Waals surface area contributed by atoms with Crippen LogP contribution in [-0.2, 0) is 4.79 Å². The molecule has 5 heteroatoms. The van der Waals surface area contributed by atoms with Gasteiger partial charge in [-0.05, 0) is 38.0 Å². The number of nitrogens with one attached hydrogen (secondary N) is 1. The maximum Gasteiger partial charge on any atom is 0.244 e. The highest BCUT2D eigenvalue weighted by Gasteiger charge is 2.23. The van der Waals surface area contributed by atoms with E-state index in [2.05, 4.69) is 10.3 Å². The molecule has 1 aromatic carbocycles. The molecule has 1 saturated heterocycles. The maximum atomic E-state index is 12.3. The van der Waals surface area contributed by atoms with Crippen LogP contribution in [0.15, 0.2) is 48.7 Å². The lowest BCUT2D eigenvalue weighted by Crippen LogP contribution is -2.39. The quantitative estimate of drug-likeness (QED) is 0.920.